The van der Waals surface area contributed by atoms with Gasteiger partial charge in [-0.25, -0.2) is 4.98 Å². The number of rotatable bonds is 5. The van der Waals surface area contributed by atoms with E-state index in [0.717, 1.165) is 18.1 Å². The number of hydrogen-bond donors (Lipinski definition) is 1. The third kappa shape index (κ3) is 4.62. The van der Waals surface area contributed by atoms with Gasteiger partial charge in [0.25, 0.3) is 0 Å². The summed E-state index contributed by atoms with van der Waals surface area (Å²) >= 11 is 12.2. The maximum atomic E-state index is 6.22. The number of aromatic nitrogens is 2. The van der Waals surface area contributed by atoms with Crippen LogP contribution in [0.1, 0.15) is 11.3 Å². The maximum absolute atomic E-state index is 6.22. The third-order valence-corrected chi connectivity index (χ3v) is 4.22. The van der Waals surface area contributed by atoms with Gasteiger partial charge in [-0.1, -0.05) is 53.5 Å². The van der Waals surface area contributed by atoms with E-state index >= 15 is 0 Å². The lowest BCUT2D eigenvalue weighted by Crippen LogP contribution is -2.18. The molecule has 2 aromatic carbocycles. The maximum Gasteiger partial charge on any atom is 0.229 e. The van der Waals surface area contributed by atoms with Crippen LogP contribution in [0.3, 0.4) is 0 Å². The second kappa shape index (κ2) is 7.72. The lowest BCUT2D eigenvalue weighted by Gasteiger charge is -2.19. The lowest BCUT2D eigenvalue weighted by molar-refractivity contribution is 0.888. The Bertz CT molecular complexity index is 869. The van der Waals surface area contributed by atoms with Gasteiger partial charge in [-0.3, -0.25) is 0 Å². The van der Waals surface area contributed by atoms with Crippen LogP contribution in [0.25, 0.3) is 0 Å². The van der Waals surface area contributed by atoms with Crippen molar-refractivity contribution in [3.05, 3.63) is 75.9 Å². The van der Waals surface area contributed by atoms with Crippen LogP contribution in [-0.2, 0) is 6.54 Å². The van der Waals surface area contributed by atoms with E-state index in [2.05, 4.69) is 32.3 Å². The van der Waals surface area contributed by atoms with Crippen LogP contribution < -0.4 is 10.2 Å². The van der Waals surface area contributed by atoms with Crippen LogP contribution in [0.2, 0.25) is 10.0 Å². The number of hydrogen-bond acceptors (Lipinski definition) is 4. The number of aryl methyl sites for hydroxylation is 1. The molecule has 3 aromatic rings. The summed E-state index contributed by atoms with van der Waals surface area (Å²) < 4.78 is 0. The molecule has 6 heteroatoms. The Morgan fingerprint density at radius 2 is 1.76 bits per heavy atom. The number of halogens is 2. The van der Waals surface area contributed by atoms with Crippen molar-refractivity contribution in [3.8, 4) is 0 Å². The SMILES string of the molecule is Cc1cc(N(C)Cc2ccccc2)nc(Nc2ccc(Cl)cc2Cl)n1. The summed E-state index contributed by atoms with van der Waals surface area (Å²) in [5.74, 6) is 1.34. The summed E-state index contributed by atoms with van der Waals surface area (Å²) in [6.07, 6.45) is 0. The van der Waals surface area contributed by atoms with Crippen molar-refractivity contribution in [1.29, 1.82) is 0 Å². The molecule has 0 saturated carbocycles. The Labute approximate surface area is 157 Å². The van der Waals surface area contributed by atoms with Crippen molar-refractivity contribution in [1.82, 2.24) is 9.97 Å². The van der Waals surface area contributed by atoms with Gasteiger partial charge < -0.3 is 10.2 Å². The molecule has 0 atom stereocenters. The van der Waals surface area contributed by atoms with Gasteiger partial charge in [0.15, 0.2) is 0 Å². The molecule has 0 spiro atoms. The van der Waals surface area contributed by atoms with E-state index in [1.165, 1.54) is 5.56 Å². The summed E-state index contributed by atoms with van der Waals surface area (Å²) in [7, 11) is 2.01. The Hall–Kier alpha value is -2.30. The van der Waals surface area contributed by atoms with E-state index in [0.29, 0.717) is 21.7 Å². The normalized spacial score (nSPS) is 10.6. The third-order valence-electron chi connectivity index (χ3n) is 3.67. The first-order valence-corrected chi connectivity index (χ1v) is 8.59. The van der Waals surface area contributed by atoms with E-state index in [9.17, 15) is 0 Å². The summed E-state index contributed by atoms with van der Waals surface area (Å²) in [4.78, 5) is 11.1. The van der Waals surface area contributed by atoms with Crippen molar-refractivity contribution in [2.75, 3.05) is 17.3 Å². The molecular weight excluding hydrogens is 355 g/mol. The first-order valence-electron chi connectivity index (χ1n) is 7.84. The first-order chi connectivity index (χ1) is 12.0. The number of nitrogens with one attached hydrogen (secondary N) is 1. The molecule has 3 rings (SSSR count). The summed E-state index contributed by atoms with van der Waals surface area (Å²) in [5.41, 5.74) is 2.81. The standard InChI is InChI=1S/C19H18Cl2N4/c1-13-10-18(25(2)12-14-6-4-3-5-7-14)24-19(22-13)23-17-9-8-15(20)11-16(17)21/h3-11H,12H2,1-2H3,(H,22,23,24). The van der Waals surface area contributed by atoms with Gasteiger partial charge in [-0.05, 0) is 30.7 Å². The Kier molecular flexibility index (Phi) is 5.41. The van der Waals surface area contributed by atoms with Crippen LogP contribution >= 0.6 is 23.2 Å². The minimum atomic E-state index is 0.499. The second-order valence-corrected chi connectivity index (χ2v) is 6.63. The highest BCUT2D eigenvalue weighted by atomic mass is 35.5. The van der Waals surface area contributed by atoms with Crippen molar-refractivity contribution in [3.63, 3.8) is 0 Å². The largest absolute Gasteiger partial charge is 0.355 e. The highest BCUT2D eigenvalue weighted by molar-refractivity contribution is 6.36. The topological polar surface area (TPSA) is 41.1 Å². The molecule has 0 aliphatic heterocycles. The average molecular weight is 373 g/mol. The molecule has 0 aliphatic rings. The van der Waals surface area contributed by atoms with E-state index in [1.54, 1.807) is 12.1 Å². The summed E-state index contributed by atoms with van der Waals surface area (Å²) in [6, 6.07) is 17.5. The molecule has 1 aromatic heterocycles. The molecule has 0 unspecified atom stereocenters. The first kappa shape index (κ1) is 17.5. The van der Waals surface area contributed by atoms with E-state index < -0.39 is 0 Å². The molecule has 0 bridgehead atoms. The zero-order valence-electron chi connectivity index (χ0n) is 14.0. The van der Waals surface area contributed by atoms with Gasteiger partial charge in [0.05, 0.1) is 10.7 Å². The predicted octanol–water partition coefficient (Wildman–Crippen LogP) is 5.47. The van der Waals surface area contributed by atoms with Crippen LogP contribution in [0.15, 0.2) is 54.6 Å². The van der Waals surface area contributed by atoms with E-state index in [1.807, 2.05) is 44.3 Å². The summed E-state index contributed by atoms with van der Waals surface area (Å²) in [5, 5.41) is 4.27. The molecular formula is C19H18Cl2N4. The van der Waals surface area contributed by atoms with E-state index in [4.69, 9.17) is 23.2 Å². The fourth-order valence-corrected chi connectivity index (χ4v) is 2.91. The molecule has 0 aliphatic carbocycles. The quantitative estimate of drug-likeness (QED) is 0.644. The minimum Gasteiger partial charge on any atom is -0.355 e. The fraction of sp³-hybridized carbons (Fsp3) is 0.158. The number of anilines is 3. The molecule has 1 heterocycles. The molecule has 0 saturated heterocycles. The monoisotopic (exact) mass is 372 g/mol. The van der Waals surface area contributed by atoms with Crippen LogP contribution in [0.5, 0.6) is 0 Å². The predicted molar refractivity (Wildman–Crippen MR) is 105 cm³/mol. The van der Waals surface area contributed by atoms with Gasteiger partial charge in [0, 0.05) is 30.4 Å². The van der Waals surface area contributed by atoms with Gasteiger partial charge in [-0.2, -0.15) is 4.98 Å². The number of nitrogens with zero attached hydrogens (tertiary/aromatic N) is 3. The lowest BCUT2D eigenvalue weighted by atomic mass is 10.2. The van der Waals surface area contributed by atoms with Crippen molar-refractivity contribution in [2.24, 2.45) is 0 Å². The van der Waals surface area contributed by atoms with Crippen molar-refractivity contribution in [2.45, 2.75) is 13.5 Å². The molecule has 128 valence electrons. The number of benzene rings is 2. The molecule has 0 fully saturated rings. The van der Waals surface area contributed by atoms with Gasteiger partial charge in [-0.15, -0.1) is 0 Å². The van der Waals surface area contributed by atoms with Gasteiger partial charge in [0.1, 0.15) is 5.82 Å². The minimum absolute atomic E-state index is 0.499. The van der Waals surface area contributed by atoms with Crippen molar-refractivity contribution < 1.29 is 0 Å². The van der Waals surface area contributed by atoms with Crippen molar-refractivity contribution >= 4 is 40.7 Å². The summed E-state index contributed by atoms with van der Waals surface area (Å²) in [6.45, 7) is 2.70. The average Bonchev–Trinajstić information content (AvgIpc) is 2.58. The smallest absolute Gasteiger partial charge is 0.229 e. The Balaban J connectivity index is 1.82. The highest BCUT2D eigenvalue weighted by Gasteiger charge is 2.09. The Morgan fingerprint density at radius 3 is 2.48 bits per heavy atom. The zero-order chi connectivity index (χ0) is 17.8. The van der Waals surface area contributed by atoms with Crippen LogP contribution in [0, 0.1) is 6.92 Å². The highest BCUT2D eigenvalue weighted by Crippen LogP contribution is 2.28. The van der Waals surface area contributed by atoms with Gasteiger partial charge >= 0.3 is 0 Å². The van der Waals surface area contributed by atoms with E-state index in [-0.39, 0.29) is 0 Å². The van der Waals surface area contributed by atoms with Gasteiger partial charge in [0.2, 0.25) is 5.95 Å². The molecule has 0 radical (unpaired) electrons. The Morgan fingerprint density at radius 1 is 1.00 bits per heavy atom. The van der Waals surface area contributed by atoms with Crippen LogP contribution in [0.4, 0.5) is 17.5 Å². The van der Waals surface area contributed by atoms with Crippen LogP contribution in [-0.4, -0.2) is 17.0 Å². The molecule has 1 N–H and O–H groups in total. The zero-order valence-corrected chi connectivity index (χ0v) is 15.5. The molecule has 4 nitrogen and oxygen atoms in total. The molecule has 25 heavy (non-hydrogen) atoms. The molecule has 0 amide bonds. The fourth-order valence-electron chi connectivity index (χ4n) is 2.45. The second-order valence-electron chi connectivity index (χ2n) is 5.78.